The number of nitrogens with two attached hydrogens (primary N) is 2. The molecule has 3 aromatic rings. The normalized spacial score (nSPS) is 11.6. The topological polar surface area (TPSA) is 107 Å². The molecule has 0 aliphatic carbocycles. The summed E-state index contributed by atoms with van der Waals surface area (Å²) in [5.74, 6) is 5.39. The molecule has 2 aromatic carbocycles. The molecule has 0 radical (unpaired) electrons. The second kappa shape index (κ2) is 6.33. The maximum absolute atomic E-state index is 12.5. The van der Waals surface area contributed by atoms with E-state index in [-0.39, 0.29) is 5.43 Å². The van der Waals surface area contributed by atoms with Crippen molar-refractivity contribution in [1.29, 1.82) is 0 Å². The van der Waals surface area contributed by atoms with E-state index in [4.69, 9.17) is 16.0 Å². The number of hydrogen-bond acceptors (Lipinski definition) is 5. The Hall–Kier alpha value is -3.12. The monoisotopic (exact) mass is 308 g/mol. The lowest BCUT2D eigenvalue weighted by atomic mass is 10.0. The number of nitrogens with one attached hydrogen (secondary N) is 1. The molecule has 1 aromatic heterocycles. The van der Waals surface area contributed by atoms with E-state index < -0.39 is 0 Å². The Balaban J connectivity index is 1.89. The quantitative estimate of drug-likeness (QED) is 0.293. The number of hydrazine groups is 1. The van der Waals surface area contributed by atoms with Gasteiger partial charge in [0.15, 0.2) is 11.3 Å². The number of nitrogens with zero attached hydrogens (tertiary/aromatic N) is 1. The standard InChI is InChI=1S/C17H16N4O2/c18-17(20-21-19)12-7-5-11(6-8-12)9-13-10-23-15-4-2-1-3-14(15)16(13)22/h1-8,10,21H,9,19H2,(H2,18,20). The van der Waals surface area contributed by atoms with Crippen molar-refractivity contribution in [3.8, 4) is 0 Å². The number of fused-ring (bicyclic) bond motifs is 1. The molecule has 0 amide bonds. The van der Waals surface area contributed by atoms with Crippen molar-refractivity contribution in [2.45, 2.75) is 6.42 Å². The number of amidine groups is 1. The predicted molar refractivity (Wildman–Crippen MR) is 89.8 cm³/mol. The summed E-state index contributed by atoms with van der Waals surface area (Å²) in [4.78, 5) is 12.5. The van der Waals surface area contributed by atoms with Gasteiger partial charge in [-0.1, -0.05) is 36.4 Å². The van der Waals surface area contributed by atoms with Crippen LogP contribution >= 0.6 is 0 Å². The number of hydrazone groups is 1. The van der Waals surface area contributed by atoms with Gasteiger partial charge >= 0.3 is 0 Å². The highest BCUT2D eigenvalue weighted by Crippen LogP contribution is 2.14. The summed E-state index contributed by atoms with van der Waals surface area (Å²) < 4.78 is 5.53. The number of rotatable bonds is 4. The van der Waals surface area contributed by atoms with Gasteiger partial charge in [0.2, 0.25) is 0 Å². The van der Waals surface area contributed by atoms with Gasteiger partial charge in [-0.25, -0.2) is 11.4 Å². The van der Waals surface area contributed by atoms with Crippen LogP contribution in [0, 0.1) is 0 Å². The molecule has 1 heterocycles. The minimum absolute atomic E-state index is 0.00988. The summed E-state index contributed by atoms with van der Waals surface area (Å²) in [6.07, 6.45) is 2.01. The van der Waals surface area contributed by atoms with Crippen molar-refractivity contribution in [1.82, 2.24) is 5.53 Å². The van der Waals surface area contributed by atoms with Gasteiger partial charge in [0, 0.05) is 17.5 Å². The van der Waals surface area contributed by atoms with Crippen LogP contribution in [0.1, 0.15) is 16.7 Å². The fourth-order valence-corrected chi connectivity index (χ4v) is 2.39. The molecule has 3 rings (SSSR count). The summed E-state index contributed by atoms with van der Waals surface area (Å²) in [5, 5.41) is 4.30. The van der Waals surface area contributed by atoms with E-state index >= 15 is 0 Å². The summed E-state index contributed by atoms with van der Waals surface area (Å²) >= 11 is 0. The van der Waals surface area contributed by atoms with Gasteiger partial charge in [-0.05, 0) is 17.7 Å². The summed E-state index contributed by atoms with van der Waals surface area (Å²) in [5.41, 5.74) is 10.8. The highest BCUT2D eigenvalue weighted by atomic mass is 16.3. The third kappa shape index (κ3) is 3.07. The van der Waals surface area contributed by atoms with Crippen LogP contribution in [0.25, 0.3) is 11.0 Å². The third-order valence-electron chi connectivity index (χ3n) is 3.58. The van der Waals surface area contributed by atoms with E-state index in [1.807, 2.05) is 36.4 Å². The molecule has 0 spiro atoms. The van der Waals surface area contributed by atoms with E-state index in [0.29, 0.717) is 28.8 Å². The molecule has 116 valence electrons. The van der Waals surface area contributed by atoms with Crippen LogP contribution in [0.15, 0.2) is 69.1 Å². The molecule has 0 bridgehead atoms. The molecular weight excluding hydrogens is 292 g/mol. The molecule has 0 saturated carbocycles. The molecule has 0 atom stereocenters. The van der Waals surface area contributed by atoms with Crippen molar-refractivity contribution in [3.05, 3.63) is 81.7 Å². The largest absolute Gasteiger partial charge is 0.464 e. The van der Waals surface area contributed by atoms with Gasteiger partial charge < -0.3 is 10.2 Å². The van der Waals surface area contributed by atoms with Crippen LogP contribution in [0.2, 0.25) is 0 Å². The Labute approximate surface area is 132 Å². The highest BCUT2D eigenvalue weighted by molar-refractivity contribution is 5.97. The van der Waals surface area contributed by atoms with E-state index in [0.717, 1.165) is 11.1 Å². The molecule has 6 nitrogen and oxygen atoms in total. The lowest BCUT2D eigenvalue weighted by molar-refractivity contribution is 0.594. The van der Waals surface area contributed by atoms with Gasteiger partial charge in [-0.15, -0.1) is 5.10 Å². The van der Waals surface area contributed by atoms with E-state index in [1.54, 1.807) is 12.1 Å². The van der Waals surface area contributed by atoms with Crippen LogP contribution in [0.3, 0.4) is 0 Å². The zero-order chi connectivity index (χ0) is 16.2. The Kier molecular flexibility index (Phi) is 4.07. The maximum Gasteiger partial charge on any atom is 0.196 e. The van der Waals surface area contributed by atoms with Crippen LogP contribution < -0.4 is 22.5 Å². The molecule has 6 heteroatoms. The zero-order valence-corrected chi connectivity index (χ0v) is 12.3. The molecule has 5 N–H and O–H groups in total. The average molecular weight is 308 g/mol. The van der Waals surface area contributed by atoms with Crippen molar-refractivity contribution < 1.29 is 4.42 Å². The van der Waals surface area contributed by atoms with Crippen LogP contribution in [0.5, 0.6) is 0 Å². The second-order valence-electron chi connectivity index (χ2n) is 5.09. The van der Waals surface area contributed by atoms with Gasteiger partial charge in [0.1, 0.15) is 5.58 Å². The number of hydrogen-bond donors (Lipinski definition) is 3. The first kappa shape index (κ1) is 14.8. The maximum atomic E-state index is 12.5. The first-order chi connectivity index (χ1) is 11.2. The highest BCUT2D eigenvalue weighted by Gasteiger charge is 2.07. The Morgan fingerprint density at radius 3 is 2.61 bits per heavy atom. The van der Waals surface area contributed by atoms with Gasteiger partial charge in [0.25, 0.3) is 0 Å². The minimum atomic E-state index is -0.00988. The van der Waals surface area contributed by atoms with Crippen molar-refractivity contribution in [2.75, 3.05) is 0 Å². The molecule has 23 heavy (non-hydrogen) atoms. The van der Waals surface area contributed by atoms with Gasteiger partial charge in [-0.2, -0.15) is 0 Å². The van der Waals surface area contributed by atoms with E-state index in [2.05, 4.69) is 10.6 Å². The van der Waals surface area contributed by atoms with Crippen molar-refractivity contribution in [2.24, 2.45) is 16.7 Å². The number of para-hydroxylation sites is 1. The lowest BCUT2D eigenvalue weighted by Crippen LogP contribution is -2.22. The smallest absolute Gasteiger partial charge is 0.196 e. The first-order valence-electron chi connectivity index (χ1n) is 7.06. The summed E-state index contributed by atoms with van der Waals surface area (Å²) in [6, 6.07) is 14.7. The molecule has 0 saturated heterocycles. The first-order valence-corrected chi connectivity index (χ1v) is 7.06. The van der Waals surface area contributed by atoms with Gasteiger partial charge in [-0.3, -0.25) is 4.79 Å². The average Bonchev–Trinajstić information content (AvgIpc) is 2.58. The Morgan fingerprint density at radius 2 is 1.87 bits per heavy atom. The fourth-order valence-electron chi connectivity index (χ4n) is 2.39. The van der Waals surface area contributed by atoms with Gasteiger partial charge in [0.05, 0.1) is 11.6 Å². The van der Waals surface area contributed by atoms with E-state index in [9.17, 15) is 4.79 Å². The number of benzene rings is 2. The SMILES string of the molecule is NN/N=C(\N)c1ccc(Cc2coc3ccccc3c2=O)cc1. The lowest BCUT2D eigenvalue weighted by Gasteiger charge is -2.05. The zero-order valence-electron chi connectivity index (χ0n) is 12.3. The van der Waals surface area contributed by atoms with E-state index in [1.165, 1.54) is 6.26 Å². The van der Waals surface area contributed by atoms with Crippen LogP contribution in [0.4, 0.5) is 0 Å². The fraction of sp³-hybridized carbons (Fsp3) is 0.0588. The Morgan fingerprint density at radius 1 is 1.13 bits per heavy atom. The second-order valence-corrected chi connectivity index (χ2v) is 5.09. The molecule has 0 unspecified atom stereocenters. The molecule has 0 fully saturated rings. The Bertz CT molecular complexity index is 914. The van der Waals surface area contributed by atoms with Crippen molar-refractivity contribution >= 4 is 16.8 Å². The summed E-state index contributed by atoms with van der Waals surface area (Å²) in [7, 11) is 0. The minimum Gasteiger partial charge on any atom is -0.464 e. The van der Waals surface area contributed by atoms with Crippen LogP contribution in [-0.2, 0) is 6.42 Å². The summed E-state index contributed by atoms with van der Waals surface area (Å²) in [6.45, 7) is 0. The van der Waals surface area contributed by atoms with Crippen molar-refractivity contribution in [3.63, 3.8) is 0 Å². The molecular formula is C17H16N4O2. The molecule has 0 aliphatic heterocycles. The molecule has 0 aliphatic rings. The third-order valence-corrected chi connectivity index (χ3v) is 3.58. The van der Waals surface area contributed by atoms with Crippen LogP contribution in [-0.4, -0.2) is 5.84 Å². The predicted octanol–water partition coefficient (Wildman–Crippen LogP) is 1.47.